The maximum atomic E-state index is 12.8. The fourth-order valence-electron chi connectivity index (χ4n) is 3.43. The minimum atomic E-state index is -0.0645. The number of nitrogens with zero attached hydrogens (tertiary/aromatic N) is 1. The number of halogens is 3. The fraction of sp³-hybridized carbons (Fsp3) is 0.0741. The molecule has 0 unspecified atom stereocenters. The lowest BCUT2D eigenvalue weighted by atomic mass is 10.1. The molecule has 0 N–H and O–H groups in total. The Bertz CT molecular complexity index is 1320. The molecule has 0 saturated carbocycles. The molecule has 0 aliphatic heterocycles. The lowest BCUT2D eigenvalue weighted by Gasteiger charge is -2.14. The first-order valence-corrected chi connectivity index (χ1v) is 12.7. The Morgan fingerprint density at radius 2 is 1.68 bits per heavy atom. The van der Waals surface area contributed by atoms with Crippen LogP contribution >= 0.6 is 47.8 Å². The molecule has 0 atom stereocenters. The quantitative estimate of drug-likeness (QED) is 0.143. The minimum absolute atomic E-state index is 0.0645. The van der Waals surface area contributed by atoms with Gasteiger partial charge in [-0.05, 0) is 92.0 Å². The van der Waals surface area contributed by atoms with Gasteiger partial charge >= 0.3 is 0 Å². The molecule has 0 aliphatic carbocycles. The van der Waals surface area contributed by atoms with Crippen LogP contribution in [0.3, 0.4) is 0 Å². The van der Waals surface area contributed by atoms with Crippen LogP contribution in [0.1, 0.15) is 21.5 Å². The summed E-state index contributed by atoms with van der Waals surface area (Å²) < 4.78 is 16.1. The average Bonchev–Trinajstić information content (AvgIpc) is 3.37. The van der Waals surface area contributed by atoms with E-state index in [-0.39, 0.29) is 5.78 Å². The molecule has 172 valence electrons. The lowest BCUT2D eigenvalue weighted by molar-refractivity contribution is 0.104. The van der Waals surface area contributed by atoms with E-state index < -0.39 is 0 Å². The Morgan fingerprint density at radius 3 is 2.38 bits per heavy atom. The second-order valence-electron chi connectivity index (χ2n) is 7.40. The molecule has 0 bridgehead atoms. The van der Waals surface area contributed by atoms with Gasteiger partial charge in [0.05, 0.1) is 16.1 Å². The number of hydrogen-bond acceptors (Lipinski definition) is 3. The van der Waals surface area contributed by atoms with E-state index in [1.807, 2.05) is 83.7 Å². The van der Waals surface area contributed by atoms with E-state index >= 15 is 0 Å². The largest absolute Gasteiger partial charge is 0.496 e. The minimum Gasteiger partial charge on any atom is -0.496 e. The number of carbonyl (C=O) groups excluding carboxylic acids is 1. The van der Waals surface area contributed by atoms with Crippen molar-refractivity contribution in [2.24, 2.45) is 0 Å². The van der Waals surface area contributed by atoms with Gasteiger partial charge in [-0.25, -0.2) is 0 Å². The smallest absolute Gasteiger partial charge is 0.185 e. The first-order chi connectivity index (χ1) is 16.4. The molecule has 34 heavy (non-hydrogen) atoms. The van der Waals surface area contributed by atoms with Gasteiger partial charge in [-0.1, -0.05) is 40.2 Å². The summed E-state index contributed by atoms with van der Waals surface area (Å²) in [6.07, 6.45) is 7.29. The van der Waals surface area contributed by atoms with Crippen molar-refractivity contribution in [1.29, 1.82) is 0 Å². The van der Waals surface area contributed by atoms with Gasteiger partial charge in [0.2, 0.25) is 0 Å². The van der Waals surface area contributed by atoms with Crippen LogP contribution in [0.25, 0.3) is 11.8 Å². The first kappa shape index (κ1) is 24.5. The summed E-state index contributed by atoms with van der Waals surface area (Å²) >= 11 is 10.5. The summed E-state index contributed by atoms with van der Waals surface area (Å²) in [4.78, 5) is 12.8. The number of ketones is 1. The van der Waals surface area contributed by atoms with Crippen molar-refractivity contribution in [3.63, 3.8) is 0 Å². The van der Waals surface area contributed by atoms with Crippen LogP contribution in [-0.2, 0) is 6.61 Å². The molecule has 0 amide bonds. The van der Waals surface area contributed by atoms with Gasteiger partial charge in [0.25, 0.3) is 0 Å². The van der Waals surface area contributed by atoms with E-state index in [2.05, 4.69) is 47.8 Å². The van der Waals surface area contributed by atoms with E-state index in [0.717, 1.165) is 30.2 Å². The third-order valence-electron chi connectivity index (χ3n) is 5.10. The maximum Gasteiger partial charge on any atom is 0.185 e. The van der Waals surface area contributed by atoms with Crippen LogP contribution in [0.4, 0.5) is 0 Å². The SMILES string of the molecule is COc1ccc(/C=C/C(=O)c2cccc(-n3cccc3)c2)cc1COc1c(Br)cc(Br)cc1Br. The Balaban J connectivity index is 1.51. The monoisotopic (exact) mass is 643 g/mol. The Hall–Kier alpha value is -2.61. The molecule has 4 rings (SSSR count). The second kappa shape index (κ2) is 11.2. The van der Waals surface area contributed by atoms with Crippen molar-refractivity contribution in [3.05, 3.63) is 115 Å². The van der Waals surface area contributed by atoms with Crippen molar-refractivity contribution in [2.45, 2.75) is 6.61 Å². The third kappa shape index (κ3) is 5.90. The Labute approximate surface area is 223 Å². The van der Waals surface area contributed by atoms with Gasteiger partial charge in [-0.15, -0.1) is 0 Å². The standard InChI is InChI=1S/C27H20Br3NO3/c1-33-26-10-8-18(13-20(26)17-34-27-23(29)15-21(28)16-24(27)30)7-9-25(32)19-5-4-6-22(14-19)31-11-2-3-12-31/h2-16H,17H2,1H3/b9-7+. The number of hydrogen-bond donors (Lipinski definition) is 0. The van der Waals surface area contributed by atoms with E-state index in [1.165, 1.54) is 0 Å². The number of ether oxygens (including phenoxy) is 2. The molecule has 4 nitrogen and oxygen atoms in total. The zero-order valence-corrected chi connectivity index (χ0v) is 22.9. The Morgan fingerprint density at radius 1 is 0.941 bits per heavy atom. The molecule has 7 heteroatoms. The molecule has 4 aromatic rings. The number of rotatable bonds is 8. The lowest BCUT2D eigenvalue weighted by Crippen LogP contribution is -2.01. The molecule has 0 spiro atoms. The fourth-order valence-corrected chi connectivity index (χ4v) is 5.91. The van der Waals surface area contributed by atoms with Gasteiger partial charge in [-0.2, -0.15) is 0 Å². The van der Waals surface area contributed by atoms with Gasteiger partial charge in [-0.3, -0.25) is 4.79 Å². The zero-order chi connectivity index (χ0) is 24.1. The molecule has 0 fully saturated rings. The van der Waals surface area contributed by atoms with Crippen molar-refractivity contribution in [3.8, 4) is 17.2 Å². The predicted octanol–water partition coefficient (Wildman–Crippen LogP) is 8.25. The van der Waals surface area contributed by atoms with E-state index in [1.54, 1.807) is 19.3 Å². The van der Waals surface area contributed by atoms with Crippen molar-refractivity contribution in [2.75, 3.05) is 7.11 Å². The molecule has 1 heterocycles. The van der Waals surface area contributed by atoms with Crippen molar-refractivity contribution >= 4 is 59.6 Å². The Kier molecular flexibility index (Phi) is 8.08. The van der Waals surface area contributed by atoms with E-state index in [4.69, 9.17) is 9.47 Å². The molecular formula is C27H20Br3NO3. The van der Waals surface area contributed by atoms with Crippen molar-refractivity contribution < 1.29 is 14.3 Å². The van der Waals surface area contributed by atoms with Crippen LogP contribution in [0.5, 0.6) is 11.5 Å². The molecule has 0 radical (unpaired) electrons. The summed E-state index contributed by atoms with van der Waals surface area (Å²) in [5.41, 5.74) is 3.32. The highest BCUT2D eigenvalue weighted by molar-refractivity contribution is 9.11. The van der Waals surface area contributed by atoms with Crippen LogP contribution in [0.15, 0.2) is 98.6 Å². The number of carbonyl (C=O) groups is 1. The molecule has 1 aromatic heterocycles. The first-order valence-electron chi connectivity index (χ1n) is 10.3. The summed E-state index contributed by atoms with van der Waals surface area (Å²) in [5.74, 6) is 1.35. The topological polar surface area (TPSA) is 40.5 Å². The van der Waals surface area contributed by atoms with Gasteiger partial charge in [0.15, 0.2) is 5.78 Å². The summed E-state index contributed by atoms with van der Waals surface area (Å²) in [7, 11) is 1.63. The summed E-state index contributed by atoms with van der Waals surface area (Å²) in [6.45, 7) is 0.302. The highest BCUT2D eigenvalue weighted by atomic mass is 79.9. The van der Waals surface area contributed by atoms with Gasteiger partial charge in [0, 0.05) is 33.7 Å². The maximum absolute atomic E-state index is 12.8. The van der Waals surface area contributed by atoms with E-state index in [0.29, 0.717) is 23.7 Å². The molecular weight excluding hydrogens is 626 g/mol. The van der Waals surface area contributed by atoms with Gasteiger partial charge in [0.1, 0.15) is 18.1 Å². The van der Waals surface area contributed by atoms with Crippen LogP contribution in [0.2, 0.25) is 0 Å². The summed E-state index contributed by atoms with van der Waals surface area (Å²) in [5, 5.41) is 0. The van der Waals surface area contributed by atoms with Crippen LogP contribution in [0, 0.1) is 0 Å². The normalized spacial score (nSPS) is 11.1. The highest BCUT2D eigenvalue weighted by Gasteiger charge is 2.11. The van der Waals surface area contributed by atoms with E-state index in [9.17, 15) is 4.79 Å². The van der Waals surface area contributed by atoms with Gasteiger partial charge < -0.3 is 14.0 Å². The van der Waals surface area contributed by atoms with Crippen LogP contribution < -0.4 is 9.47 Å². The number of methoxy groups -OCH3 is 1. The predicted molar refractivity (Wildman–Crippen MR) is 146 cm³/mol. The van der Waals surface area contributed by atoms with Crippen LogP contribution in [-0.4, -0.2) is 17.5 Å². The highest BCUT2D eigenvalue weighted by Crippen LogP contribution is 2.37. The average molecular weight is 646 g/mol. The zero-order valence-electron chi connectivity index (χ0n) is 18.2. The number of aromatic nitrogens is 1. The second-order valence-corrected chi connectivity index (χ2v) is 10.0. The molecule has 0 aliphatic rings. The third-order valence-corrected chi connectivity index (χ3v) is 6.74. The molecule has 0 saturated heterocycles. The summed E-state index contributed by atoms with van der Waals surface area (Å²) in [6, 6.07) is 21.1. The number of benzene rings is 3. The number of allylic oxidation sites excluding steroid dienone is 1. The molecule has 3 aromatic carbocycles. The van der Waals surface area contributed by atoms with Crippen molar-refractivity contribution in [1.82, 2.24) is 4.57 Å².